The minimum absolute atomic E-state index is 0.334. The van der Waals surface area contributed by atoms with Gasteiger partial charge in [0.2, 0.25) is 0 Å². The van der Waals surface area contributed by atoms with Crippen molar-refractivity contribution in [2.45, 2.75) is 45.6 Å². The molecular weight excluding hydrogens is 282 g/mol. The van der Waals surface area contributed by atoms with Gasteiger partial charge in [0.15, 0.2) is 11.5 Å². The van der Waals surface area contributed by atoms with Gasteiger partial charge in [-0.25, -0.2) is 0 Å². The molecule has 124 valence electrons. The molecule has 0 fully saturated rings. The van der Waals surface area contributed by atoms with Gasteiger partial charge < -0.3 is 19.9 Å². The summed E-state index contributed by atoms with van der Waals surface area (Å²) in [6, 6.07) is 4.95. The van der Waals surface area contributed by atoms with Crippen LogP contribution >= 0.6 is 0 Å². The van der Waals surface area contributed by atoms with Crippen molar-refractivity contribution in [1.82, 2.24) is 0 Å². The van der Waals surface area contributed by atoms with E-state index in [1.807, 2.05) is 18.2 Å². The smallest absolute Gasteiger partial charge is 0.323 e. The highest BCUT2D eigenvalue weighted by molar-refractivity contribution is 5.75. The summed E-state index contributed by atoms with van der Waals surface area (Å²) in [6.07, 6.45) is 3.74. The Morgan fingerprint density at radius 3 is 2.64 bits per heavy atom. The van der Waals surface area contributed by atoms with Crippen molar-refractivity contribution < 1.29 is 19.0 Å². The van der Waals surface area contributed by atoms with Crippen molar-refractivity contribution in [1.29, 1.82) is 0 Å². The van der Waals surface area contributed by atoms with E-state index in [2.05, 4.69) is 6.92 Å². The predicted octanol–water partition coefficient (Wildman–Crippen LogP) is 2.70. The highest BCUT2D eigenvalue weighted by atomic mass is 16.5. The van der Waals surface area contributed by atoms with E-state index in [0.29, 0.717) is 31.1 Å². The van der Waals surface area contributed by atoms with Crippen LogP contribution in [0.2, 0.25) is 0 Å². The van der Waals surface area contributed by atoms with Crippen LogP contribution in [0.25, 0.3) is 0 Å². The second-order valence-electron chi connectivity index (χ2n) is 5.10. The van der Waals surface area contributed by atoms with Gasteiger partial charge >= 0.3 is 5.97 Å². The molecule has 0 radical (unpaired) electrons. The molecular formula is C17H27NO4. The summed E-state index contributed by atoms with van der Waals surface area (Å²) in [5.74, 6) is 0.985. The average molecular weight is 309 g/mol. The molecule has 0 amide bonds. The Labute approximate surface area is 132 Å². The van der Waals surface area contributed by atoms with E-state index < -0.39 is 6.04 Å². The number of hydrogen-bond acceptors (Lipinski definition) is 5. The maximum absolute atomic E-state index is 11.6. The Hall–Kier alpha value is -1.75. The van der Waals surface area contributed by atoms with Gasteiger partial charge in [-0.05, 0) is 37.5 Å². The molecule has 0 heterocycles. The summed E-state index contributed by atoms with van der Waals surface area (Å²) in [7, 11) is 1.60. The molecule has 2 N–H and O–H groups in total. The number of carbonyl (C=O) groups excluding carboxylic acids is 1. The third-order valence-corrected chi connectivity index (χ3v) is 3.28. The van der Waals surface area contributed by atoms with Crippen molar-refractivity contribution >= 4 is 5.97 Å². The topological polar surface area (TPSA) is 70.8 Å². The quantitative estimate of drug-likeness (QED) is 0.531. The Bertz CT molecular complexity index is 462. The monoisotopic (exact) mass is 309 g/mol. The number of hydrogen-bond donors (Lipinski definition) is 1. The van der Waals surface area contributed by atoms with E-state index in [9.17, 15) is 4.79 Å². The zero-order valence-corrected chi connectivity index (χ0v) is 13.8. The molecule has 5 heteroatoms. The predicted molar refractivity (Wildman–Crippen MR) is 86.3 cm³/mol. The van der Waals surface area contributed by atoms with Crippen molar-refractivity contribution in [3.8, 4) is 11.5 Å². The first kappa shape index (κ1) is 18.3. The van der Waals surface area contributed by atoms with Gasteiger partial charge in [0.1, 0.15) is 6.04 Å². The lowest BCUT2D eigenvalue weighted by molar-refractivity contribution is -0.144. The van der Waals surface area contributed by atoms with Gasteiger partial charge in [-0.15, -0.1) is 0 Å². The number of carbonyl (C=O) groups is 1. The molecule has 1 unspecified atom stereocenters. The minimum Gasteiger partial charge on any atom is -0.493 e. The second-order valence-corrected chi connectivity index (χ2v) is 5.10. The lowest BCUT2D eigenvalue weighted by atomic mass is 10.1. The number of nitrogens with two attached hydrogens (primary N) is 1. The van der Waals surface area contributed by atoms with Crippen molar-refractivity contribution in [3.05, 3.63) is 23.8 Å². The molecule has 5 nitrogen and oxygen atoms in total. The van der Waals surface area contributed by atoms with Crippen molar-refractivity contribution in [3.63, 3.8) is 0 Å². The molecule has 22 heavy (non-hydrogen) atoms. The summed E-state index contributed by atoms with van der Waals surface area (Å²) in [5, 5.41) is 0. The Kier molecular flexibility index (Phi) is 8.36. The van der Waals surface area contributed by atoms with E-state index in [4.69, 9.17) is 19.9 Å². The van der Waals surface area contributed by atoms with Crippen LogP contribution in [-0.2, 0) is 16.0 Å². The molecule has 0 aliphatic heterocycles. The van der Waals surface area contributed by atoms with Crippen LogP contribution < -0.4 is 15.2 Å². The first-order chi connectivity index (χ1) is 10.6. The highest BCUT2D eigenvalue weighted by Crippen LogP contribution is 2.28. The second kappa shape index (κ2) is 10.1. The van der Waals surface area contributed by atoms with E-state index in [-0.39, 0.29) is 5.97 Å². The van der Waals surface area contributed by atoms with Gasteiger partial charge in [0, 0.05) is 0 Å². The number of rotatable bonds is 10. The molecule has 0 saturated carbocycles. The van der Waals surface area contributed by atoms with Gasteiger partial charge in [0.05, 0.1) is 20.3 Å². The molecule has 1 atom stereocenters. The SMILES string of the molecule is CCCCCOc1ccc(CC(N)C(=O)OCC)cc1OC. The summed E-state index contributed by atoms with van der Waals surface area (Å²) in [4.78, 5) is 11.6. The molecule has 1 rings (SSSR count). The molecule has 0 aliphatic carbocycles. The van der Waals surface area contributed by atoms with E-state index in [0.717, 1.165) is 24.8 Å². The largest absolute Gasteiger partial charge is 0.493 e. The van der Waals surface area contributed by atoms with E-state index >= 15 is 0 Å². The molecule has 0 saturated heterocycles. The first-order valence-electron chi connectivity index (χ1n) is 7.84. The molecule has 0 aromatic heterocycles. The fourth-order valence-corrected chi connectivity index (χ4v) is 2.08. The van der Waals surface area contributed by atoms with Crippen LogP contribution in [0.3, 0.4) is 0 Å². The van der Waals surface area contributed by atoms with Crippen molar-refractivity contribution in [2.24, 2.45) is 5.73 Å². The van der Waals surface area contributed by atoms with Gasteiger partial charge in [-0.3, -0.25) is 4.79 Å². The third-order valence-electron chi connectivity index (χ3n) is 3.28. The lowest BCUT2D eigenvalue weighted by Gasteiger charge is -2.14. The fraction of sp³-hybridized carbons (Fsp3) is 0.588. The lowest BCUT2D eigenvalue weighted by Crippen LogP contribution is -2.34. The van der Waals surface area contributed by atoms with Crippen molar-refractivity contribution in [2.75, 3.05) is 20.3 Å². The molecule has 1 aromatic carbocycles. The molecule has 0 aliphatic rings. The number of ether oxygens (including phenoxy) is 3. The third kappa shape index (κ3) is 5.93. The maximum atomic E-state index is 11.6. The van der Waals surface area contributed by atoms with E-state index in [1.54, 1.807) is 14.0 Å². The van der Waals surface area contributed by atoms with Crippen LogP contribution in [0.15, 0.2) is 18.2 Å². The normalized spacial score (nSPS) is 11.8. The molecule has 1 aromatic rings. The standard InChI is InChI=1S/C17H27NO4/c1-4-6-7-10-22-15-9-8-13(12-16(15)20-3)11-14(18)17(19)21-5-2/h8-9,12,14H,4-7,10-11,18H2,1-3H3. The Morgan fingerprint density at radius 2 is 2.00 bits per heavy atom. The molecule has 0 bridgehead atoms. The number of methoxy groups -OCH3 is 1. The van der Waals surface area contributed by atoms with Crippen LogP contribution in [0.5, 0.6) is 11.5 Å². The zero-order chi connectivity index (χ0) is 16.4. The van der Waals surface area contributed by atoms with Crippen LogP contribution in [0, 0.1) is 0 Å². The van der Waals surface area contributed by atoms with Gasteiger partial charge in [0.25, 0.3) is 0 Å². The van der Waals surface area contributed by atoms with Crippen LogP contribution in [0.4, 0.5) is 0 Å². The molecule has 0 spiro atoms. The fourth-order valence-electron chi connectivity index (χ4n) is 2.08. The Morgan fingerprint density at radius 1 is 1.23 bits per heavy atom. The van der Waals surface area contributed by atoms with Crippen LogP contribution in [0.1, 0.15) is 38.7 Å². The minimum atomic E-state index is -0.666. The zero-order valence-electron chi connectivity index (χ0n) is 13.8. The number of esters is 1. The van der Waals surface area contributed by atoms with Crippen LogP contribution in [-0.4, -0.2) is 32.3 Å². The average Bonchev–Trinajstić information content (AvgIpc) is 2.52. The summed E-state index contributed by atoms with van der Waals surface area (Å²) < 4.78 is 16.0. The maximum Gasteiger partial charge on any atom is 0.323 e. The van der Waals surface area contributed by atoms with Gasteiger partial charge in [-0.2, -0.15) is 0 Å². The highest BCUT2D eigenvalue weighted by Gasteiger charge is 2.16. The summed E-state index contributed by atoms with van der Waals surface area (Å²) in [5.41, 5.74) is 6.75. The number of benzene rings is 1. The van der Waals surface area contributed by atoms with E-state index in [1.165, 1.54) is 0 Å². The summed E-state index contributed by atoms with van der Waals surface area (Å²) in [6.45, 7) is 4.92. The summed E-state index contributed by atoms with van der Waals surface area (Å²) >= 11 is 0. The number of unbranched alkanes of at least 4 members (excludes halogenated alkanes) is 2. The first-order valence-corrected chi connectivity index (χ1v) is 7.84. The Balaban J connectivity index is 2.65. The van der Waals surface area contributed by atoms with Gasteiger partial charge in [-0.1, -0.05) is 25.8 Å².